The van der Waals surface area contributed by atoms with Crippen LogP contribution in [0.15, 0.2) is 35.3 Å². The number of aromatic hydroxyl groups is 1. The monoisotopic (exact) mass is 587 g/mol. The molecule has 3 N–H and O–H groups in total. The van der Waals surface area contributed by atoms with E-state index in [1.54, 1.807) is 18.2 Å². The number of para-hydroxylation sites is 1. The van der Waals surface area contributed by atoms with Crippen LogP contribution in [-0.4, -0.2) is 80.2 Å². The van der Waals surface area contributed by atoms with E-state index in [9.17, 15) is 24.3 Å². The van der Waals surface area contributed by atoms with Crippen LogP contribution in [0.2, 0.25) is 10.0 Å². The molecule has 0 aliphatic carbocycles. The lowest BCUT2D eigenvalue weighted by molar-refractivity contribution is -0.135. The Hall–Kier alpha value is -3.16. The second-order valence-electron chi connectivity index (χ2n) is 7.96. The Kier molecular flexibility index (Phi) is 14.3. The molecule has 214 valence electrons. The largest absolute Gasteiger partial charge is 0.502 e. The van der Waals surface area contributed by atoms with E-state index < -0.39 is 23.2 Å². The van der Waals surface area contributed by atoms with Crippen molar-refractivity contribution in [1.29, 1.82) is 0 Å². The smallest absolute Gasteiger partial charge is 0.313 e. The van der Waals surface area contributed by atoms with Crippen molar-refractivity contribution in [2.75, 3.05) is 52.7 Å². The fourth-order valence-corrected chi connectivity index (χ4v) is 3.44. The van der Waals surface area contributed by atoms with Crippen molar-refractivity contribution >= 4 is 41.0 Å². The van der Waals surface area contributed by atoms with E-state index in [-0.39, 0.29) is 79.6 Å². The molecule has 12 nitrogen and oxygen atoms in total. The standard InChI is InChI=1S/C25H31Cl2N3O9/c1-30-10-5-17(22(33)25(30)35)24(34)29-9-8-28-20(31)6-11-36-13-15-38-16-14-37-12-7-21(32)39-23-18(26)3-2-4-19(23)27/h2-5,10,33H,6-9,11-16H2,1H3,(H,28,31)(H,29,34). The minimum Gasteiger partial charge on any atom is -0.502 e. The van der Waals surface area contributed by atoms with Gasteiger partial charge in [0.2, 0.25) is 5.91 Å². The topological polar surface area (TPSA) is 154 Å². The van der Waals surface area contributed by atoms with Gasteiger partial charge < -0.3 is 39.3 Å². The summed E-state index contributed by atoms with van der Waals surface area (Å²) in [6, 6.07) is 6.12. The Morgan fingerprint density at radius 2 is 1.44 bits per heavy atom. The van der Waals surface area contributed by atoms with Crippen LogP contribution in [-0.2, 0) is 30.8 Å². The summed E-state index contributed by atoms with van der Waals surface area (Å²) in [5.74, 6) is -1.90. The fraction of sp³-hybridized carbons (Fsp3) is 0.440. The molecule has 2 amide bonds. The number of rotatable bonds is 17. The number of pyridine rings is 1. The minimum absolute atomic E-state index is 0.0247. The molecule has 0 saturated carbocycles. The van der Waals surface area contributed by atoms with Crippen LogP contribution >= 0.6 is 23.2 Å². The number of aromatic nitrogens is 1. The average Bonchev–Trinajstić information content (AvgIpc) is 2.90. The maximum absolute atomic E-state index is 12.1. The van der Waals surface area contributed by atoms with E-state index in [4.69, 9.17) is 42.1 Å². The zero-order chi connectivity index (χ0) is 28.6. The van der Waals surface area contributed by atoms with E-state index in [2.05, 4.69) is 10.6 Å². The second-order valence-corrected chi connectivity index (χ2v) is 8.78. The van der Waals surface area contributed by atoms with Gasteiger partial charge in [-0.15, -0.1) is 0 Å². The number of carbonyl (C=O) groups is 3. The molecule has 0 radical (unpaired) electrons. The first kappa shape index (κ1) is 32.1. The first-order valence-electron chi connectivity index (χ1n) is 12.0. The molecule has 0 unspecified atom stereocenters. The molecule has 2 rings (SSSR count). The van der Waals surface area contributed by atoms with Gasteiger partial charge in [0.05, 0.1) is 61.7 Å². The summed E-state index contributed by atoms with van der Waals surface area (Å²) in [6.07, 6.45) is 1.53. The molecule has 0 spiro atoms. The Bertz CT molecular complexity index is 1150. The number of hydrogen-bond donors (Lipinski definition) is 3. The number of halogens is 2. The van der Waals surface area contributed by atoms with Crippen molar-refractivity contribution in [1.82, 2.24) is 15.2 Å². The van der Waals surface area contributed by atoms with E-state index in [0.29, 0.717) is 13.2 Å². The Labute approximate surface area is 235 Å². The average molecular weight is 588 g/mol. The van der Waals surface area contributed by atoms with Gasteiger partial charge in [0, 0.05) is 32.8 Å². The summed E-state index contributed by atoms with van der Waals surface area (Å²) < 4.78 is 22.3. The zero-order valence-electron chi connectivity index (χ0n) is 21.4. The molecule has 0 saturated heterocycles. The van der Waals surface area contributed by atoms with Crippen LogP contribution in [0.4, 0.5) is 0 Å². The van der Waals surface area contributed by atoms with Gasteiger partial charge in [0.15, 0.2) is 11.5 Å². The van der Waals surface area contributed by atoms with Gasteiger partial charge in [0.25, 0.3) is 11.5 Å². The van der Waals surface area contributed by atoms with Gasteiger partial charge in [-0.05, 0) is 18.2 Å². The van der Waals surface area contributed by atoms with Crippen molar-refractivity contribution < 1.29 is 38.4 Å². The molecule has 39 heavy (non-hydrogen) atoms. The van der Waals surface area contributed by atoms with E-state index >= 15 is 0 Å². The van der Waals surface area contributed by atoms with Crippen LogP contribution in [0.5, 0.6) is 11.5 Å². The molecular weight excluding hydrogens is 557 g/mol. The fourth-order valence-electron chi connectivity index (χ4n) is 2.97. The van der Waals surface area contributed by atoms with Gasteiger partial charge in [0.1, 0.15) is 0 Å². The predicted octanol–water partition coefficient (Wildman–Crippen LogP) is 1.68. The number of ether oxygens (including phenoxy) is 4. The van der Waals surface area contributed by atoms with Crippen LogP contribution in [0.1, 0.15) is 23.2 Å². The number of aryl methyl sites for hydroxylation is 1. The lowest BCUT2D eigenvalue weighted by Crippen LogP contribution is -2.35. The maximum Gasteiger partial charge on any atom is 0.313 e. The lowest BCUT2D eigenvalue weighted by Gasteiger charge is -2.09. The molecule has 1 aromatic heterocycles. The van der Waals surface area contributed by atoms with Gasteiger partial charge in [-0.2, -0.15) is 0 Å². The Balaban J connectivity index is 1.41. The first-order chi connectivity index (χ1) is 18.7. The highest BCUT2D eigenvalue weighted by atomic mass is 35.5. The zero-order valence-corrected chi connectivity index (χ0v) is 22.9. The van der Waals surface area contributed by atoms with Gasteiger partial charge in [-0.25, -0.2) is 0 Å². The number of nitrogens with one attached hydrogen (secondary N) is 2. The summed E-state index contributed by atoms with van der Waals surface area (Å²) in [7, 11) is 1.46. The SMILES string of the molecule is Cn1ccc(C(=O)NCCNC(=O)CCOCCOCCOCCC(=O)Oc2c(Cl)cccc2Cl)c(O)c1=O. The number of carbonyl (C=O) groups excluding carboxylic acids is 3. The van der Waals surface area contributed by atoms with Crippen LogP contribution < -0.4 is 20.9 Å². The molecule has 1 heterocycles. The summed E-state index contributed by atoms with van der Waals surface area (Å²) in [5.41, 5.74) is -0.808. The van der Waals surface area contributed by atoms with Gasteiger partial charge in [-0.1, -0.05) is 29.3 Å². The predicted molar refractivity (Wildman–Crippen MR) is 142 cm³/mol. The quantitative estimate of drug-likeness (QED) is 0.142. The van der Waals surface area contributed by atoms with E-state index in [0.717, 1.165) is 4.57 Å². The van der Waals surface area contributed by atoms with Crippen molar-refractivity contribution in [3.63, 3.8) is 0 Å². The van der Waals surface area contributed by atoms with Gasteiger partial charge in [-0.3, -0.25) is 19.2 Å². The lowest BCUT2D eigenvalue weighted by atomic mass is 10.2. The second kappa shape index (κ2) is 17.4. The number of benzene rings is 1. The first-order valence-corrected chi connectivity index (χ1v) is 12.8. The summed E-state index contributed by atoms with van der Waals surface area (Å²) in [4.78, 5) is 47.4. The summed E-state index contributed by atoms with van der Waals surface area (Å²) in [6.45, 7) is 1.80. The van der Waals surface area contributed by atoms with E-state index in [1.165, 1.54) is 19.3 Å². The molecule has 2 aromatic rings. The molecule has 0 aliphatic rings. The number of esters is 1. The van der Waals surface area contributed by atoms with Gasteiger partial charge >= 0.3 is 5.97 Å². The molecule has 1 aromatic carbocycles. The highest BCUT2D eigenvalue weighted by molar-refractivity contribution is 6.37. The van der Waals surface area contributed by atoms with Crippen molar-refractivity contribution in [2.45, 2.75) is 12.8 Å². The molecule has 0 bridgehead atoms. The Morgan fingerprint density at radius 1 is 0.872 bits per heavy atom. The molecule has 0 aliphatic heterocycles. The van der Waals surface area contributed by atoms with Crippen molar-refractivity contribution in [3.8, 4) is 11.5 Å². The minimum atomic E-state index is -0.675. The van der Waals surface area contributed by atoms with Crippen molar-refractivity contribution in [3.05, 3.63) is 56.4 Å². The third-order valence-electron chi connectivity index (χ3n) is 5.02. The highest BCUT2D eigenvalue weighted by Gasteiger charge is 2.14. The number of nitrogens with zero attached hydrogens (tertiary/aromatic N) is 1. The van der Waals surface area contributed by atoms with Crippen LogP contribution in [0.3, 0.4) is 0 Å². The molecular formula is C25H31Cl2N3O9. The summed E-state index contributed by atoms with van der Waals surface area (Å²) >= 11 is 11.9. The maximum atomic E-state index is 12.1. The summed E-state index contributed by atoms with van der Waals surface area (Å²) in [5, 5.41) is 15.4. The highest BCUT2D eigenvalue weighted by Crippen LogP contribution is 2.32. The normalized spacial score (nSPS) is 10.7. The van der Waals surface area contributed by atoms with Crippen molar-refractivity contribution in [2.24, 2.45) is 7.05 Å². The molecule has 14 heteroatoms. The Morgan fingerprint density at radius 3 is 2.08 bits per heavy atom. The van der Waals surface area contributed by atoms with Crippen LogP contribution in [0, 0.1) is 0 Å². The molecule has 0 atom stereocenters. The molecule has 0 fully saturated rings. The number of hydrogen-bond acceptors (Lipinski definition) is 9. The van der Waals surface area contributed by atoms with E-state index in [1.807, 2.05) is 0 Å². The third-order valence-corrected chi connectivity index (χ3v) is 5.62. The number of amides is 2. The third kappa shape index (κ3) is 11.6. The van der Waals surface area contributed by atoms with Crippen LogP contribution in [0.25, 0.3) is 0 Å².